The van der Waals surface area contributed by atoms with Crippen LogP contribution in [0, 0.1) is 5.92 Å². The molecule has 1 aromatic heterocycles. The number of aryl methyl sites for hydroxylation is 1. The molecule has 1 heterocycles. The van der Waals surface area contributed by atoms with Gasteiger partial charge in [-0.1, -0.05) is 20.8 Å². The summed E-state index contributed by atoms with van der Waals surface area (Å²) >= 11 is 0. The Bertz CT molecular complexity index is 359. The standard InChI is InChI=1S/C11H20N4O/c1-6-9-12-10(14-13-9)11(16)15(5)8(4)7(2)3/h7-8H,6H2,1-5H3,(H,12,13,14). The molecule has 90 valence electrons. The van der Waals surface area contributed by atoms with Gasteiger partial charge in [0.1, 0.15) is 5.82 Å². The molecule has 1 rings (SSSR count). The molecule has 1 unspecified atom stereocenters. The van der Waals surface area contributed by atoms with Crippen LogP contribution in [0.3, 0.4) is 0 Å². The van der Waals surface area contributed by atoms with Gasteiger partial charge in [0, 0.05) is 19.5 Å². The Morgan fingerprint density at radius 1 is 1.44 bits per heavy atom. The minimum absolute atomic E-state index is 0.128. The van der Waals surface area contributed by atoms with Crippen LogP contribution in [0.4, 0.5) is 0 Å². The fourth-order valence-electron chi connectivity index (χ4n) is 1.34. The molecule has 5 nitrogen and oxygen atoms in total. The summed E-state index contributed by atoms with van der Waals surface area (Å²) in [6.45, 7) is 8.17. The fraction of sp³-hybridized carbons (Fsp3) is 0.727. The van der Waals surface area contributed by atoms with E-state index in [0.717, 1.165) is 12.2 Å². The van der Waals surface area contributed by atoms with Crippen molar-refractivity contribution in [3.8, 4) is 0 Å². The second kappa shape index (κ2) is 5.09. The van der Waals surface area contributed by atoms with Crippen LogP contribution >= 0.6 is 0 Å². The van der Waals surface area contributed by atoms with Crippen molar-refractivity contribution in [1.82, 2.24) is 20.1 Å². The predicted octanol–water partition coefficient (Wildman–Crippen LogP) is 1.48. The highest BCUT2D eigenvalue weighted by Crippen LogP contribution is 2.10. The zero-order valence-electron chi connectivity index (χ0n) is 10.6. The first-order valence-corrected chi connectivity index (χ1v) is 5.65. The van der Waals surface area contributed by atoms with Gasteiger partial charge in [0.05, 0.1) is 0 Å². The number of hydrogen-bond donors (Lipinski definition) is 1. The van der Waals surface area contributed by atoms with E-state index in [1.165, 1.54) is 0 Å². The first-order valence-electron chi connectivity index (χ1n) is 5.65. The zero-order chi connectivity index (χ0) is 12.3. The van der Waals surface area contributed by atoms with Crippen molar-refractivity contribution >= 4 is 5.91 Å². The van der Waals surface area contributed by atoms with Crippen LogP contribution < -0.4 is 0 Å². The normalized spacial score (nSPS) is 12.9. The number of nitrogens with one attached hydrogen (secondary N) is 1. The van der Waals surface area contributed by atoms with Crippen LogP contribution in [-0.4, -0.2) is 39.1 Å². The first-order chi connectivity index (χ1) is 7.47. The van der Waals surface area contributed by atoms with Crippen LogP contribution in [0.15, 0.2) is 0 Å². The molecule has 0 aliphatic rings. The Labute approximate surface area is 96.3 Å². The average molecular weight is 224 g/mol. The van der Waals surface area contributed by atoms with Gasteiger partial charge in [0.15, 0.2) is 0 Å². The monoisotopic (exact) mass is 224 g/mol. The molecule has 1 atom stereocenters. The van der Waals surface area contributed by atoms with E-state index in [4.69, 9.17) is 0 Å². The molecule has 5 heteroatoms. The van der Waals surface area contributed by atoms with E-state index in [9.17, 15) is 4.79 Å². The van der Waals surface area contributed by atoms with Gasteiger partial charge in [-0.15, -0.1) is 5.10 Å². The fourth-order valence-corrected chi connectivity index (χ4v) is 1.34. The number of aromatic nitrogens is 3. The molecular weight excluding hydrogens is 204 g/mol. The summed E-state index contributed by atoms with van der Waals surface area (Å²) in [6, 6.07) is 0.177. The molecule has 0 aromatic carbocycles. The summed E-state index contributed by atoms with van der Waals surface area (Å²) in [5, 5.41) is 6.67. The summed E-state index contributed by atoms with van der Waals surface area (Å²) in [5.74, 6) is 1.29. The van der Waals surface area contributed by atoms with Crippen LogP contribution in [-0.2, 0) is 6.42 Å². The van der Waals surface area contributed by atoms with E-state index in [1.807, 2.05) is 13.8 Å². The molecule has 0 saturated carbocycles. The third-order valence-electron chi connectivity index (χ3n) is 2.95. The molecule has 0 fully saturated rings. The number of aromatic amines is 1. The number of rotatable bonds is 4. The number of carbonyl (C=O) groups excluding carboxylic acids is 1. The van der Waals surface area contributed by atoms with Crippen molar-refractivity contribution in [2.45, 2.75) is 40.2 Å². The molecule has 1 amide bonds. The number of carbonyl (C=O) groups is 1. The largest absolute Gasteiger partial charge is 0.336 e. The maximum absolute atomic E-state index is 12.0. The molecular formula is C11H20N4O. The van der Waals surface area contributed by atoms with Gasteiger partial charge in [-0.05, 0) is 12.8 Å². The van der Waals surface area contributed by atoms with Gasteiger partial charge in [-0.3, -0.25) is 9.89 Å². The quantitative estimate of drug-likeness (QED) is 0.842. The predicted molar refractivity (Wildman–Crippen MR) is 62.2 cm³/mol. The lowest BCUT2D eigenvalue weighted by molar-refractivity contribution is 0.0695. The third-order valence-corrected chi connectivity index (χ3v) is 2.95. The van der Waals surface area contributed by atoms with Crippen molar-refractivity contribution in [2.24, 2.45) is 5.92 Å². The Morgan fingerprint density at radius 3 is 2.50 bits per heavy atom. The SMILES string of the molecule is CCc1nc(C(=O)N(C)C(C)C(C)C)n[nH]1. The number of nitrogens with zero attached hydrogens (tertiary/aromatic N) is 3. The molecule has 0 spiro atoms. The number of hydrogen-bond acceptors (Lipinski definition) is 3. The maximum atomic E-state index is 12.0. The van der Waals surface area contributed by atoms with Gasteiger partial charge in [0.2, 0.25) is 5.82 Å². The minimum Gasteiger partial charge on any atom is -0.336 e. The van der Waals surface area contributed by atoms with Gasteiger partial charge in [0.25, 0.3) is 5.91 Å². The topological polar surface area (TPSA) is 61.9 Å². The summed E-state index contributed by atoms with van der Waals surface area (Å²) < 4.78 is 0. The Morgan fingerprint density at radius 2 is 2.06 bits per heavy atom. The summed E-state index contributed by atoms with van der Waals surface area (Å²) in [6.07, 6.45) is 0.754. The minimum atomic E-state index is -0.128. The highest BCUT2D eigenvalue weighted by Gasteiger charge is 2.22. The molecule has 16 heavy (non-hydrogen) atoms. The molecule has 1 aromatic rings. The zero-order valence-corrected chi connectivity index (χ0v) is 10.6. The van der Waals surface area contributed by atoms with E-state index >= 15 is 0 Å². The third kappa shape index (κ3) is 2.59. The highest BCUT2D eigenvalue weighted by molar-refractivity contribution is 5.90. The lowest BCUT2D eigenvalue weighted by Crippen LogP contribution is -2.38. The van der Waals surface area contributed by atoms with Crippen molar-refractivity contribution in [2.75, 3.05) is 7.05 Å². The van der Waals surface area contributed by atoms with E-state index in [2.05, 4.69) is 29.0 Å². The molecule has 0 aliphatic carbocycles. The molecule has 0 aliphatic heterocycles. The number of H-pyrrole nitrogens is 1. The van der Waals surface area contributed by atoms with Crippen LogP contribution in [0.1, 0.15) is 44.1 Å². The van der Waals surface area contributed by atoms with Crippen LogP contribution in [0.25, 0.3) is 0 Å². The Balaban J connectivity index is 2.77. The van der Waals surface area contributed by atoms with E-state index in [0.29, 0.717) is 5.92 Å². The van der Waals surface area contributed by atoms with Gasteiger partial charge in [-0.2, -0.15) is 0 Å². The lowest BCUT2D eigenvalue weighted by atomic mass is 10.1. The average Bonchev–Trinajstić information content (AvgIpc) is 2.74. The second-order valence-corrected chi connectivity index (χ2v) is 4.36. The first kappa shape index (κ1) is 12.7. The van der Waals surface area contributed by atoms with Crippen molar-refractivity contribution in [1.29, 1.82) is 0 Å². The van der Waals surface area contributed by atoms with E-state index in [1.54, 1.807) is 11.9 Å². The molecule has 0 saturated heterocycles. The summed E-state index contributed by atoms with van der Waals surface area (Å²) in [7, 11) is 1.79. The lowest BCUT2D eigenvalue weighted by Gasteiger charge is -2.26. The van der Waals surface area contributed by atoms with Crippen molar-refractivity contribution in [3.05, 3.63) is 11.6 Å². The van der Waals surface area contributed by atoms with Gasteiger partial charge in [-0.25, -0.2) is 4.98 Å². The number of amides is 1. The summed E-state index contributed by atoms with van der Waals surface area (Å²) in [5.41, 5.74) is 0. The molecule has 0 bridgehead atoms. The second-order valence-electron chi connectivity index (χ2n) is 4.36. The van der Waals surface area contributed by atoms with Gasteiger partial charge < -0.3 is 4.90 Å². The van der Waals surface area contributed by atoms with Crippen LogP contribution in [0.5, 0.6) is 0 Å². The molecule has 1 N–H and O–H groups in total. The van der Waals surface area contributed by atoms with Crippen molar-refractivity contribution in [3.63, 3.8) is 0 Å². The Hall–Kier alpha value is -1.39. The highest BCUT2D eigenvalue weighted by atomic mass is 16.2. The van der Waals surface area contributed by atoms with Crippen molar-refractivity contribution < 1.29 is 4.79 Å². The maximum Gasteiger partial charge on any atom is 0.293 e. The summed E-state index contributed by atoms with van der Waals surface area (Å²) in [4.78, 5) is 17.8. The van der Waals surface area contributed by atoms with Gasteiger partial charge >= 0.3 is 0 Å². The molecule has 0 radical (unpaired) electrons. The Kier molecular flexibility index (Phi) is 4.04. The van der Waals surface area contributed by atoms with Crippen LogP contribution in [0.2, 0.25) is 0 Å². The smallest absolute Gasteiger partial charge is 0.293 e. The van der Waals surface area contributed by atoms with E-state index in [-0.39, 0.29) is 17.8 Å². The van der Waals surface area contributed by atoms with E-state index < -0.39 is 0 Å².